The smallest absolute Gasteiger partial charge is 0.0938 e. The summed E-state index contributed by atoms with van der Waals surface area (Å²) in [5.74, 6) is 0.449. The highest BCUT2D eigenvalue weighted by Gasteiger charge is 2.23. The molecule has 1 fully saturated rings. The molecule has 1 aliphatic heterocycles. The van der Waals surface area contributed by atoms with Crippen molar-refractivity contribution in [1.82, 2.24) is 15.1 Å². The predicted molar refractivity (Wildman–Crippen MR) is 118 cm³/mol. The predicted octanol–water partition coefficient (Wildman–Crippen LogP) is 7.07. The Hall–Kier alpha value is -1.23. The molecule has 0 saturated carbocycles. The summed E-state index contributed by atoms with van der Waals surface area (Å²) in [5, 5.41) is 10.3. The number of piperidine rings is 1. The Balaban J connectivity index is 1.41. The maximum Gasteiger partial charge on any atom is 0.0938 e. The van der Waals surface area contributed by atoms with Crippen molar-refractivity contribution in [2.24, 2.45) is 0 Å². The molecule has 0 unspecified atom stereocenters. The fourth-order valence-electron chi connectivity index (χ4n) is 3.69. The van der Waals surface area contributed by atoms with Crippen molar-refractivity contribution in [2.45, 2.75) is 25.3 Å². The molecule has 1 N–H and O–H groups in total. The van der Waals surface area contributed by atoms with E-state index in [2.05, 4.69) is 21.2 Å². The number of benzene rings is 2. The van der Waals surface area contributed by atoms with Crippen LogP contribution >= 0.6 is 46.4 Å². The summed E-state index contributed by atoms with van der Waals surface area (Å²) < 4.78 is 0. The normalized spacial score (nSPS) is 15.9. The van der Waals surface area contributed by atoms with Gasteiger partial charge >= 0.3 is 0 Å². The minimum Gasteiger partial charge on any atom is -0.299 e. The van der Waals surface area contributed by atoms with Gasteiger partial charge in [0.15, 0.2) is 0 Å². The van der Waals surface area contributed by atoms with Crippen LogP contribution < -0.4 is 0 Å². The van der Waals surface area contributed by atoms with Gasteiger partial charge in [0.05, 0.1) is 10.7 Å². The molecule has 0 spiro atoms. The van der Waals surface area contributed by atoms with E-state index >= 15 is 0 Å². The number of H-pyrrole nitrogens is 1. The molecule has 2 heterocycles. The van der Waals surface area contributed by atoms with Gasteiger partial charge < -0.3 is 0 Å². The standard InChI is InChI=1S/C21H19Cl4N3/c22-14-4-5-15(19(25)10-14)21-11-20(26-27-21)13-6-8-28(9-7-13)12-16-17(23)2-1-3-18(16)24/h1-5,10-11,13H,6-9,12H2,(H,26,27). The topological polar surface area (TPSA) is 31.9 Å². The Morgan fingerprint density at radius 2 is 1.64 bits per heavy atom. The van der Waals surface area contributed by atoms with Crippen LogP contribution in [0.1, 0.15) is 30.0 Å². The summed E-state index contributed by atoms with van der Waals surface area (Å²) in [6, 6.07) is 13.2. The minimum absolute atomic E-state index is 0.449. The van der Waals surface area contributed by atoms with Crippen LogP contribution in [0.4, 0.5) is 0 Å². The third-order valence-corrected chi connectivity index (χ3v) is 6.53. The van der Waals surface area contributed by atoms with E-state index in [1.807, 2.05) is 30.3 Å². The highest BCUT2D eigenvalue weighted by atomic mass is 35.5. The average molecular weight is 455 g/mol. The van der Waals surface area contributed by atoms with Crippen molar-refractivity contribution in [3.05, 3.63) is 73.8 Å². The molecule has 1 aromatic heterocycles. The summed E-state index contributed by atoms with van der Waals surface area (Å²) in [5.41, 5.74) is 3.89. The first-order chi connectivity index (χ1) is 13.5. The van der Waals surface area contributed by atoms with Gasteiger partial charge in [-0.05, 0) is 62.3 Å². The molecule has 28 heavy (non-hydrogen) atoms. The van der Waals surface area contributed by atoms with E-state index in [-0.39, 0.29) is 0 Å². The molecule has 146 valence electrons. The molecule has 0 radical (unpaired) electrons. The molecule has 0 aliphatic carbocycles. The van der Waals surface area contributed by atoms with Crippen LogP contribution in [0.15, 0.2) is 42.5 Å². The minimum atomic E-state index is 0.449. The number of aromatic nitrogens is 2. The number of nitrogens with one attached hydrogen (secondary N) is 1. The second kappa shape index (κ2) is 8.64. The summed E-state index contributed by atoms with van der Waals surface area (Å²) in [6.45, 7) is 2.75. The van der Waals surface area contributed by atoms with Crippen molar-refractivity contribution >= 4 is 46.4 Å². The lowest BCUT2D eigenvalue weighted by molar-refractivity contribution is 0.203. The van der Waals surface area contributed by atoms with Gasteiger partial charge in [0.2, 0.25) is 0 Å². The number of halogens is 4. The van der Waals surface area contributed by atoms with E-state index in [9.17, 15) is 0 Å². The first-order valence-corrected chi connectivity index (χ1v) is 10.7. The molecule has 3 nitrogen and oxygen atoms in total. The molecule has 1 aliphatic rings. The van der Waals surface area contributed by atoms with Crippen LogP contribution in [0.3, 0.4) is 0 Å². The van der Waals surface area contributed by atoms with Gasteiger partial charge in [-0.2, -0.15) is 5.10 Å². The maximum atomic E-state index is 6.31. The van der Waals surface area contributed by atoms with Gasteiger partial charge in [-0.1, -0.05) is 52.5 Å². The monoisotopic (exact) mass is 453 g/mol. The largest absolute Gasteiger partial charge is 0.299 e. The van der Waals surface area contributed by atoms with Crippen LogP contribution in [0.25, 0.3) is 11.3 Å². The number of likely N-dealkylation sites (tertiary alicyclic amines) is 1. The molecule has 3 aromatic rings. The molecule has 7 heteroatoms. The molecule has 0 amide bonds. The van der Waals surface area contributed by atoms with E-state index < -0.39 is 0 Å². The summed E-state index contributed by atoms with van der Waals surface area (Å²) in [4.78, 5) is 2.40. The number of hydrogen-bond donors (Lipinski definition) is 1. The molecule has 2 aromatic carbocycles. The van der Waals surface area contributed by atoms with Gasteiger partial charge in [-0.3, -0.25) is 10.00 Å². The Bertz CT molecular complexity index is 957. The van der Waals surface area contributed by atoms with E-state index in [0.717, 1.165) is 65.0 Å². The molecular formula is C21H19Cl4N3. The molecular weight excluding hydrogens is 436 g/mol. The summed E-state index contributed by atoms with van der Waals surface area (Å²) in [6.07, 6.45) is 2.11. The third-order valence-electron chi connectivity index (χ3n) is 5.28. The van der Waals surface area contributed by atoms with Crippen LogP contribution in [0, 0.1) is 0 Å². The fraction of sp³-hybridized carbons (Fsp3) is 0.286. The second-order valence-electron chi connectivity index (χ2n) is 7.08. The maximum absolute atomic E-state index is 6.31. The number of hydrogen-bond acceptors (Lipinski definition) is 2. The number of rotatable bonds is 4. The second-order valence-corrected chi connectivity index (χ2v) is 8.74. The van der Waals surface area contributed by atoms with Gasteiger partial charge in [0, 0.05) is 44.4 Å². The first kappa shape index (κ1) is 20.1. The summed E-state index contributed by atoms with van der Waals surface area (Å²) in [7, 11) is 0. The van der Waals surface area contributed by atoms with Crippen molar-refractivity contribution in [3.63, 3.8) is 0 Å². The Kier molecular flexibility index (Phi) is 6.19. The Morgan fingerprint density at radius 1 is 0.929 bits per heavy atom. The fourth-order valence-corrected chi connectivity index (χ4v) is 4.71. The van der Waals surface area contributed by atoms with Crippen molar-refractivity contribution in [2.75, 3.05) is 13.1 Å². The summed E-state index contributed by atoms with van der Waals surface area (Å²) >= 11 is 24.9. The van der Waals surface area contributed by atoms with E-state index in [1.54, 1.807) is 6.07 Å². The highest BCUT2D eigenvalue weighted by molar-refractivity contribution is 6.36. The van der Waals surface area contributed by atoms with Crippen LogP contribution in [-0.2, 0) is 6.54 Å². The number of aromatic amines is 1. The Labute approximate surface area is 184 Å². The van der Waals surface area contributed by atoms with Gasteiger partial charge in [0.25, 0.3) is 0 Å². The Morgan fingerprint density at radius 3 is 2.32 bits per heavy atom. The molecule has 1 saturated heterocycles. The molecule has 0 atom stereocenters. The van der Waals surface area contributed by atoms with Crippen molar-refractivity contribution < 1.29 is 0 Å². The van der Waals surface area contributed by atoms with Crippen LogP contribution in [0.2, 0.25) is 20.1 Å². The zero-order chi connectivity index (χ0) is 19.7. The lowest BCUT2D eigenvalue weighted by Gasteiger charge is -2.31. The average Bonchev–Trinajstić information content (AvgIpc) is 3.15. The zero-order valence-corrected chi connectivity index (χ0v) is 18.1. The first-order valence-electron chi connectivity index (χ1n) is 9.17. The van der Waals surface area contributed by atoms with Crippen LogP contribution in [-0.4, -0.2) is 28.2 Å². The lowest BCUT2D eigenvalue weighted by Crippen LogP contribution is -2.32. The molecule has 4 rings (SSSR count). The lowest BCUT2D eigenvalue weighted by atomic mass is 9.93. The van der Waals surface area contributed by atoms with E-state index in [0.29, 0.717) is 16.0 Å². The van der Waals surface area contributed by atoms with Gasteiger partial charge in [-0.15, -0.1) is 0 Å². The van der Waals surface area contributed by atoms with Crippen molar-refractivity contribution in [3.8, 4) is 11.3 Å². The van der Waals surface area contributed by atoms with Gasteiger partial charge in [-0.25, -0.2) is 0 Å². The van der Waals surface area contributed by atoms with E-state index in [1.165, 1.54) is 0 Å². The van der Waals surface area contributed by atoms with E-state index in [4.69, 9.17) is 46.4 Å². The quantitative estimate of drug-likeness (QED) is 0.457. The van der Waals surface area contributed by atoms with Gasteiger partial charge in [0.1, 0.15) is 0 Å². The SMILES string of the molecule is Clc1ccc(-c2cc(C3CCN(Cc4c(Cl)cccc4Cl)CC3)[nH]n2)c(Cl)c1. The van der Waals surface area contributed by atoms with Crippen LogP contribution in [0.5, 0.6) is 0 Å². The van der Waals surface area contributed by atoms with Crippen molar-refractivity contribution in [1.29, 1.82) is 0 Å². The third kappa shape index (κ3) is 4.34. The number of nitrogens with zero attached hydrogens (tertiary/aromatic N) is 2. The highest BCUT2D eigenvalue weighted by Crippen LogP contribution is 2.34. The molecule has 0 bridgehead atoms. The zero-order valence-electron chi connectivity index (χ0n) is 15.1.